The van der Waals surface area contributed by atoms with Crippen LogP contribution in [0, 0.1) is 0 Å². The smallest absolute Gasteiger partial charge is 0.305 e. The maximum atomic E-state index is 13.2. The molecule has 4 aromatic rings. The van der Waals surface area contributed by atoms with Crippen molar-refractivity contribution in [2.75, 3.05) is 0 Å². The van der Waals surface area contributed by atoms with Crippen LogP contribution in [0.5, 0.6) is 0 Å². The Balaban J connectivity index is 0.00000205. The number of rotatable bonds is 3. The third-order valence-electron chi connectivity index (χ3n) is 4.98. The number of carbonyl (C=O) groups excluding carboxylic acids is 2. The fraction of sp³-hybridized carbons (Fsp3) is 0.0435. The third kappa shape index (κ3) is 3.15. The van der Waals surface area contributed by atoms with Gasteiger partial charge in [-0.1, -0.05) is 48.5 Å². The van der Waals surface area contributed by atoms with Crippen molar-refractivity contribution in [1.29, 1.82) is 0 Å². The van der Waals surface area contributed by atoms with Crippen LogP contribution < -0.4 is 22.4 Å². The van der Waals surface area contributed by atoms with E-state index in [4.69, 9.17) is 0 Å². The van der Waals surface area contributed by atoms with Crippen molar-refractivity contribution in [1.82, 2.24) is 5.43 Å². The van der Waals surface area contributed by atoms with Gasteiger partial charge >= 0.3 is 5.91 Å². The molecule has 5 rings (SSSR count). The number of aromatic nitrogens is 1. The fourth-order valence-electron chi connectivity index (χ4n) is 3.77. The molecule has 1 aromatic heterocycles. The van der Waals surface area contributed by atoms with Crippen LogP contribution in [-0.2, 0) is 11.3 Å². The second-order valence-electron chi connectivity index (χ2n) is 6.75. The molecule has 1 amide bonds. The molecule has 1 heterocycles. The number of fused-ring (bicyclic) bond motifs is 2. The number of benzene rings is 3. The Labute approximate surface area is 173 Å². The monoisotopic (exact) mass is 401 g/mol. The van der Waals surface area contributed by atoms with Crippen molar-refractivity contribution >= 4 is 38.9 Å². The second kappa shape index (κ2) is 7.45. The molecule has 5 nitrogen and oxygen atoms in total. The third-order valence-corrected chi connectivity index (χ3v) is 4.98. The number of hydrogen-bond acceptors (Lipinski definition) is 3. The molecule has 0 saturated carbocycles. The molecular weight excluding hydrogens is 386 g/mol. The number of hydrazone groups is 1. The van der Waals surface area contributed by atoms with Gasteiger partial charge in [0, 0.05) is 28.6 Å². The Morgan fingerprint density at radius 1 is 0.931 bits per heavy atom. The number of hydrogen-bond donors (Lipinski definition) is 1. The fourth-order valence-corrected chi connectivity index (χ4v) is 3.77. The standard InChI is InChI=1S/C23H15N3O2.ClH/c27-19(14-26-11-4-1-5-12-26)24-25-22-18-10-6-8-16-13-15-7-2-3-9-17(15)21(20(16)18)23(22)28;/h1-13H,14H2;1H. The molecule has 3 aromatic carbocycles. The summed E-state index contributed by atoms with van der Waals surface area (Å²) in [5.41, 5.74) is 4.24. The maximum absolute atomic E-state index is 13.2. The number of ketones is 1. The molecule has 0 saturated heterocycles. The second-order valence-corrected chi connectivity index (χ2v) is 6.75. The molecule has 0 unspecified atom stereocenters. The molecule has 0 aliphatic heterocycles. The van der Waals surface area contributed by atoms with Crippen LogP contribution in [-0.4, -0.2) is 17.4 Å². The van der Waals surface area contributed by atoms with E-state index in [-0.39, 0.29) is 36.4 Å². The number of halogens is 1. The Hall–Kier alpha value is -3.57. The van der Waals surface area contributed by atoms with Gasteiger partial charge in [-0.25, -0.2) is 5.43 Å². The summed E-state index contributed by atoms with van der Waals surface area (Å²) in [5, 5.41) is 8.02. The number of nitrogens with zero attached hydrogens (tertiary/aromatic N) is 2. The molecule has 0 atom stereocenters. The molecule has 1 aliphatic carbocycles. The van der Waals surface area contributed by atoms with E-state index in [0.29, 0.717) is 5.56 Å². The van der Waals surface area contributed by atoms with Gasteiger partial charge in [0.2, 0.25) is 12.3 Å². The van der Waals surface area contributed by atoms with Gasteiger partial charge < -0.3 is 12.4 Å². The number of amides is 1. The number of carbonyl (C=O) groups is 2. The zero-order chi connectivity index (χ0) is 19.1. The number of Topliss-reactive ketones (excluding diaryl/α,β-unsaturated/α-hetero) is 1. The van der Waals surface area contributed by atoms with Gasteiger partial charge in [-0.2, -0.15) is 9.67 Å². The molecule has 1 N–H and O–H groups in total. The van der Waals surface area contributed by atoms with Crippen LogP contribution in [0.15, 0.2) is 84.2 Å². The topological polar surface area (TPSA) is 62.4 Å². The first kappa shape index (κ1) is 18.8. The predicted molar refractivity (Wildman–Crippen MR) is 107 cm³/mol. The van der Waals surface area contributed by atoms with Gasteiger partial charge in [-0.3, -0.25) is 9.59 Å². The minimum atomic E-state index is -0.288. The Bertz CT molecular complexity index is 1300. The summed E-state index contributed by atoms with van der Waals surface area (Å²) >= 11 is 0. The summed E-state index contributed by atoms with van der Waals surface area (Å²) in [6.07, 6.45) is 3.60. The molecular formula is C23H16ClN3O2. The summed E-state index contributed by atoms with van der Waals surface area (Å²) in [7, 11) is 0. The maximum Gasteiger partial charge on any atom is 0.305 e. The molecule has 0 bridgehead atoms. The molecule has 6 heteroatoms. The lowest BCUT2D eigenvalue weighted by molar-refractivity contribution is -0.684. The highest BCUT2D eigenvalue weighted by atomic mass is 35.5. The Kier molecular flexibility index (Phi) is 4.82. The lowest BCUT2D eigenvalue weighted by Crippen LogP contribution is -3.00. The van der Waals surface area contributed by atoms with Crippen LogP contribution in [0.2, 0.25) is 0 Å². The van der Waals surface area contributed by atoms with E-state index >= 15 is 0 Å². The van der Waals surface area contributed by atoms with E-state index in [2.05, 4.69) is 16.6 Å². The average Bonchev–Trinajstić information content (AvgIpc) is 3.01. The predicted octanol–water partition coefficient (Wildman–Crippen LogP) is 0.00130. The van der Waals surface area contributed by atoms with Gasteiger partial charge in [-0.15, -0.1) is 0 Å². The highest BCUT2D eigenvalue weighted by Gasteiger charge is 2.31. The summed E-state index contributed by atoms with van der Waals surface area (Å²) in [4.78, 5) is 25.4. The van der Waals surface area contributed by atoms with E-state index in [1.54, 1.807) is 17.0 Å². The Morgan fingerprint density at radius 2 is 1.69 bits per heavy atom. The first-order chi connectivity index (χ1) is 13.7. The Morgan fingerprint density at radius 3 is 2.52 bits per heavy atom. The summed E-state index contributed by atoms with van der Waals surface area (Å²) in [5.74, 6) is -0.444. The first-order valence-corrected chi connectivity index (χ1v) is 9.02. The zero-order valence-corrected chi connectivity index (χ0v) is 16.1. The van der Waals surface area contributed by atoms with Crippen LogP contribution in [0.25, 0.3) is 21.5 Å². The quantitative estimate of drug-likeness (QED) is 0.298. The molecule has 1 aliphatic rings. The van der Waals surface area contributed by atoms with Gasteiger partial charge in [0.05, 0.1) is 0 Å². The molecule has 0 spiro atoms. The lowest BCUT2D eigenvalue weighted by atomic mass is 9.98. The van der Waals surface area contributed by atoms with Gasteiger partial charge in [0.1, 0.15) is 5.71 Å². The van der Waals surface area contributed by atoms with Crippen LogP contribution in [0.4, 0.5) is 0 Å². The molecule has 142 valence electrons. The van der Waals surface area contributed by atoms with E-state index in [1.165, 1.54) is 0 Å². The van der Waals surface area contributed by atoms with Crippen molar-refractivity contribution in [3.05, 3.63) is 90.3 Å². The highest BCUT2D eigenvalue weighted by Crippen LogP contribution is 2.36. The normalized spacial score (nSPS) is 13.7. The molecule has 0 radical (unpaired) electrons. The van der Waals surface area contributed by atoms with Crippen molar-refractivity contribution in [2.45, 2.75) is 6.54 Å². The van der Waals surface area contributed by atoms with Crippen molar-refractivity contribution in [2.24, 2.45) is 5.10 Å². The van der Waals surface area contributed by atoms with Crippen molar-refractivity contribution in [3.8, 4) is 0 Å². The first-order valence-electron chi connectivity index (χ1n) is 9.02. The highest BCUT2D eigenvalue weighted by molar-refractivity contribution is 6.60. The van der Waals surface area contributed by atoms with E-state index < -0.39 is 0 Å². The lowest BCUT2D eigenvalue weighted by Gasteiger charge is -2.05. The van der Waals surface area contributed by atoms with Crippen molar-refractivity contribution in [3.63, 3.8) is 0 Å². The summed E-state index contributed by atoms with van der Waals surface area (Å²) in [6, 6.07) is 21.3. The summed E-state index contributed by atoms with van der Waals surface area (Å²) in [6.45, 7) is 0.131. The zero-order valence-electron chi connectivity index (χ0n) is 15.3. The molecule has 29 heavy (non-hydrogen) atoms. The van der Waals surface area contributed by atoms with Crippen LogP contribution in [0.3, 0.4) is 0 Å². The number of nitrogens with one attached hydrogen (secondary N) is 1. The minimum Gasteiger partial charge on any atom is -1.00 e. The van der Waals surface area contributed by atoms with E-state index in [1.807, 2.05) is 60.7 Å². The minimum absolute atomic E-state index is 0. The van der Waals surface area contributed by atoms with Gasteiger partial charge in [0.25, 0.3) is 0 Å². The van der Waals surface area contributed by atoms with E-state index in [0.717, 1.165) is 27.1 Å². The van der Waals surface area contributed by atoms with Gasteiger partial charge in [-0.05, 0) is 22.2 Å². The van der Waals surface area contributed by atoms with Crippen LogP contribution >= 0.6 is 0 Å². The SMILES string of the molecule is O=C(C[n+]1ccccc1)N/N=C1\C(=O)c2c3ccccc3cc3cccc1c23.[Cl-]. The number of pyridine rings is 1. The average molecular weight is 402 g/mol. The van der Waals surface area contributed by atoms with E-state index in [9.17, 15) is 9.59 Å². The molecule has 0 fully saturated rings. The largest absolute Gasteiger partial charge is 1.00 e. The van der Waals surface area contributed by atoms with Crippen molar-refractivity contribution < 1.29 is 26.6 Å². The van der Waals surface area contributed by atoms with Gasteiger partial charge in [0.15, 0.2) is 12.4 Å². The summed E-state index contributed by atoms with van der Waals surface area (Å²) < 4.78 is 1.75. The van der Waals surface area contributed by atoms with Crippen LogP contribution in [0.1, 0.15) is 15.9 Å².